The van der Waals surface area contributed by atoms with Crippen molar-refractivity contribution in [2.45, 2.75) is 43.7 Å². The van der Waals surface area contributed by atoms with Crippen LogP contribution in [0.15, 0.2) is 0 Å². The van der Waals surface area contributed by atoms with E-state index < -0.39 is 0 Å². The van der Waals surface area contributed by atoms with E-state index in [-0.39, 0.29) is 5.60 Å². The first kappa shape index (κ1) is 13.8. The van der Waals surface area contributed by atoms with Crippen LogP contribution in [0, 0.1) is 11.8 Å². The van der Waals surface area contributed by atoms with E-state index in [0.717, 1.165) is 58.7 Å². The normalized spacial score (nSPS) is 40.9. The fourth-order valence-electron chi connectivity index (χ4n) is 3.80. The lowest BCUT2D eigenvalue weighted by molar-refractivity contribution is -0.104. The van der Waals surface area contributed by atoms with Crippen molar-refractivity contribution in [3.8, 4) is 0 Å². The van der Waals surface area contributed by atoms with Crippen LogP contribution in [0.3, 0.4) is 0 Å². The van der Waals surface area contributed by atoms with E-state index in [2.05, 4.69) is 5.43 Å². The minimum atomic E-state index is -0.0236. The molecule has 0 bridgehead atoms. The van der Waals surface area contributed by atoms with Crippen molar-refractivity contribution >= 4 is 0 Å². The van der Waals surface area contributed by atoms with Gasteiger partial charge in [-0.1, -0.05) is 0 Å². The molecule has 110 valence electrons. The lowest BCUT2D eigenvalue weighted by Crippen LogP contribution is -2.49. The fraction of sp³-hybridized carbons (Fsp3) is 1.00. The molecule has 1 spiro atoms. The summed E-state index contributed by atoms with van der Waals surface area (Å²) in [6.07, 6.45) is 5.51. The maximum atomic E-state index is 6.00. The molecule has 19 heavy (non-hydrogen) atoms. The van der Waals surface area contributed by atoms with Gasteiger partial charge in [0.1, 0.15) is 0 Å². The van der Waals surface area contributed by atoms with E-state index in [1.54, 1.807) is 0 Å². The maximum absolute atomic E-state index is 6.00. The minimum Gasteiger partial charge on any atom is -0.381 e. The third kappa shape index (κ3) is 3.11. The average Bonchev–Trinajstić information content (AvgIpc) is 3.08. The van der Waals surface area contributed by atoms with Gasteiger partial charge in [0.15, 0.2) is 0 Å². The molecule has 0 aliphatic carbocycles. The molecular formula is C14H26N2O3. The summed E-state index contributed by atoms with van der Waals surface area (Å²) < 4.78 is 17.0. The zero-order valence-electron chi connectivity index (χ0n) is 11.6. The minimum absolute atomic E-state index is 0.0236. The molecule has 4 unspecified atom stereocenters. The van der Waals surface area contributed by atoms with Crippen LogP contribution in [0.5, 0.6) is 0 Å². The highest BCUT2D eigenvalue weighted by Crippen LogP contribution is 2.38. The molecule has 3 N–H and O–H groups in total. The fourth-order valence-corrected chi connectivity index (χ4v) is 3.80. The quantitative estimate of drug-likeness (QED) is 0.585. The molecule has 3 aliphatic heterocycles. The van der Waals surface area contributed by atoms with Gasteiger partial charge in [0.25, 0.3) is 0 Å². The van der Waals surface area contributed by atoms with Crippen molar-refractivity contribution in [1.82, 2.24) is 5.43 Å². The Morgan fingerprint density at radius 3 is 2.84 bits per heavy atom. The second kappa shape index (κ2) is 6.06. The third-order valence-electron chi connectivity index (χ3n) is 4.99. The molecule has 3 aliphatic rings. The summed E-state index contributed by atoms with van der Waals surface area (Å²) >= 11 is 0. The summed E-state index contributed by atoms with van der Waals surface area (Å²) in [5.41, 5.74) is 3.03. The molecular weight excluding hydrogens is 244 g/mol. The van der Waals surface area contributed by atoms with Crippen LogP contribution in [-0.4, -0.2) is 44.7 Å². The zero-order chi connectivity index (χ0) is 13.1. The number of rotatable bonds is 4. The lowest BCUT2D eigenvalue weighted by atomic mass is 9.78. The Hall–Kier alpha value is -0.200. The van der Waals surface area contributed by atoms with Crippen molar-refractivity contribution in [2.24, 2.45) is 17.7 Å². The van der Waals surface area contributed by atoms with Gasteiger partial charge in [-0.15, -0.1) is 0 Å². The largest absolute Gasteiger partial charge is 0.381 e. The Morgan fingerprint density at radius 2 is 2.16 bits per heavy atom. The van der Waals surface area contributed by atoms with Crippen molar-refractivity contribution in [1.29, 1.82) is 0 Å². The highest BCUT2D eigenvalue weighted by Gasteiger charge is 2.43. The SMILES string of the molecule is NNC(CC1CCOC1)C1CCOC2(CCOC2)C1. The molecule has 5 nitrogen and oxygen atoms in total. The molecule has 3 heterocycles. The van der Waals surface area contributed by atoms with Gasteiger partial charge >= 0.3 is 0 Å². The van der Waals surface area contributed by atoms with Crippen LogP contribution < -0.4 is 11.3 Å². The van der Waals surface area contributed by atoms with Gasteiger partial charge in [0.2, 0.25) is 0 Å². The van der Waals surface area contributed by atoms with E-state index in [4.69, 9.17) is 20.1 Å². The summed E-state index contributed by atoms with van der Waals surface area (Å²) in [5, 5.41) is 0. The third-order valence-corrected chi connectivity index (χ3v) is 4.99. The second-order valence-corrected chi connectivity index (χ2v) is 6.33. The Kier molecular flexibility index (Phi) is 4.39. The lowest BCUT2D eigenvalue weighted by Gasteiger charge is -2.40. The Bertz CT molecular complexity index is 288. The summed E-state index contributed by atoms with van der Waals surface area (Å²) in [7, 11) is 0. The van der Waals surface area contributed by atoms with Crippen LogP contribution in [0.4, 0.5) is 0 Å². The van der Waals surface area contributed by atoms with Gasteiger partial charge in [-0.05, 0) is 37.5 Å². The highest BCUT2D eigenvalue weighted by molar-refractivity contribution is 4.94. The first-order chi connectivity index (χ1) is 9.31. The van der Waals surface area contributed by atoms with Gasteiger partial charge < -0.3 is 14.2 Å². The Labute approximate surface area is 115 Å². The van der Waals surface area contributed by atoms with Crippen molar-refractivity contribution < 1.29 is 14.2 Å². The van der Waals surface area contributed by atoms with E-state index >= 15 is 0 Å². The highest BCUT2D eigenvalue weighted by atomic mass is 16.6. The molecule has 0 aromatic heterocycles. The van der Waals surface area contributed by atoms with Gasteiger partial charge in [-0.25, -0.2) is 0 Å². The average molecular weight is 270 g/mol. The maximum Gasteiger partial charge on any atom is 0.0939 e. The van der Waals surface area contributed by atoms with E-state index in [9.17, 15) is 0 Å². The monoisotopic (exact) mass is 270 g/mol. The number of ether oxygens (including phenoxy) is 3. The Balaban J connectivity index is 1.58. The first-order valence-corrected chi connectivity index (χ1v) is 7.57. The van der Waals surface area contributed by atoms with Crippen LogP contribution in [0.25, 0.3) is 0 Å². The number of hydrogen-bond acceptors (Lipinski definition) is 5. The number of nitrogens with two attached hydrogens (primary N) is 1. The summed E-state index contributed by atoms with van der Waals surface area (Å²) in [4.78, 5) is 0. The molecule has 0 aromatic rings. The van der Waals surface area contributed by atoms with Crippen LogP contribution >= 0.6 is 0 Å². The van der Waals surface area contributed by atoms with Gasteiger partial charge in [0, 0.05) is 38.9 Å². The van der Waals surface area contributed by atoms with Crippen molar-refractivity contribution in [2.75, 3.05) is 33.0 Å². The summed E-state index contributed by atoms with van der Waals surface area (Å²) in [6, 6.07) is 0.382. The van der Waals surface area contributed by atoms with Crippen LogP contribution in [0.1, 0.15) is 32.1 Å². The van der Waals surface area contributed by atoms with E-state index in [1.807, 2.05) is 0 Å². The summed E-state index contributed by atoms with van der Waals surface area (Å²) in [5.74, 6) is 7.07. The molecule has 4 atom stereocenters. The molecule has 0 amide bonds. The van der Waals surface area contributed by atoms with Crippen LogP contribution in [-0.2, 0) is 14.2 Å². The molecule has 3 fully saturated rings. The molecule has 0 radical (unpaired) electrons. The summed E-state index contributed by atoms with van der Waals surface area (Å²) in [6.45, 7) is 4.24. The van der Waals surface area contributed by atoms with Gasteiger partial charge in [0.05, 0.1) is 12.2 Å². The standard InChI is InChI=1S/C14H26N2O3/c15-16-13(7-11-1-4-17-9-11)12-2-5-19-14(8-12)3-6-18-10-14/h11-13,16H,1-10,15H2. The van der Waals surface area contributed by atoms with Gasteiger partial charge in [-0.2, -0.15) is 0 Å². The molecule has 0 aromatic carbocycles. The predicted molar refractivity (Wildman–Crippen MR) is 71.5 cm³/mol. The van der Waals surface area contributed by atoms with Crippen molar-refractivity contribution in [3.63, 3.8) is 0 Å². The second-order valence-electron chi connectivity index (χ2n) is 6.33. The Morgan fingerprint density at radius 1 is 1.21 bits per heavy atom. The molecule has 5 heteroatoms. The molecule has 3 rings (SSSR count). The van der Waals surface area contributed by atoms with E-state index in [1.165, 1.54) is 6.42 Å². The van der Waals surface area contributed by atoms with E-state index in [0.29, 0.717) is 17.9 Å². The molecule has 0 saturated carbocycles. The predicted octanol–water partition coefficient (Wildman–Crippen LogP) is 0.831. The molecule has 3 saturated heterocycles. The number of hydrogen-bond donors (Lipinski definition) is 2. The number of nitrogens with one attached hydrogen (secondary N) is 1. The zero-order valence-corrected chi connectivity index (χ0v) is 11.6. The first-order valence-electron chi connectivity index (χ1n) is 7.57. The number of hydrazine groups is 1. The topological polar surface area (TPSA) is 65.7 Å². The van der Waals surface area contributed by atoms with Crippen molar-refractivity contribution in [3.05, 3.63) is 0 Å². The van der Waals surface area contributed by atoms with Gasteiger partial charge in [-0.3, -0.25) is 11.3 Å². The van der Waals surface area contributed by atoms with Crippen LogP contribution in [0.2, 0.25) is 0 Å². The smallest absolute Gasteiger partial charge is 0.0939 e.